The molecule has 0 saturated carbocycles. The number of sulfonamides is 1. The molecule has 1 aliphatic heterocycles. The first-order chi connectivity index (χ1) is 16.3. The van der Waals surface area contributed by atoms with Gasteiger partial charge in [-0.05, 0) is 43.3 Å². The van der Waals surface area contributed by atoms with Gasteiger partial charge in [0.25, 0.3) is 10.0 Å². The predicted molar refractivity (Wildman–Crippen MR) is 126 cm³/mol. The van der Waals surface area contributed by atoms with E-state index in [4.69, 9.17) is 18.9 Å². The third kappa shape index (κ3) is 4.72. The molecule has 34 heavy (non-hydrogen) atoms. The molecule has 1 heterocycles. The molecule has 10 heteroatoms. The summed E-state index contributed by atoms with van der Waals surface area (Å²) in [7, 11) is -1.20. The topological polar surface area (TPSA) is 103 Å². The molecule has 3 aromatic rings. The van der Waals surface area contributed by atoms with E-state index in [1.54, 1.807) is 42.5 Å². The SMILES string of the molecule is COc1ccc(N(CC(=O)Nc2ccc3c(c2)OCO3)S(=O)(=O)c2ccc(C)cc2)c(OC)c1. The van der Waals surface area contributed by atoms with Crippen LogP contribution in [0.5, 0.6) is 23.0 Å². The van der Waals surface area contributed by atoms with E-state index in [0.29, 0.717) is 22.9 Å². The van der Waals surface area contributed by atoms with E-state index in [9.17, 15) is 13.2 Å². The lowest BCUT2D eigenvalue weighted by molar-refractivity contribution is -0.114. The molecular weight excluding hydrogens is 460 g/mol. The predicted octanol–water partition coefficient (Wildman–Crippen LogP) is 3.57. The molecule has 1 aliphatic rings. The highest BCUT2D eigenvalue weighted by molar-refractivity contribution is 7.92. The summed E-state index contributed by atoms with van der Waals surface area (Å²) in [4.78, 5) is 13.0. The highest BCUT2D eigenvalue weighted by Crippen LogP contribution is 2.36. The van der Waals surface area contributed by atoms with Crippen LogP contribution in [-0.4, -0.2) is 41.9 Å². The average Bonchev–Trinajstić information content (AvgIpc) is 3.30. The fourth-order valence-corrected chi connectivity index (χ4v) is 4.86. The van der Waals surface area contributed by atoms with Crippen LogP contribution in [-0.2, 0) is 14.8 Å². The molecule has 178 valence electrons. The van der Waals surface area contributed by atoms with Crippen molar-refractivity contribution in [2.24, 2.45) is 0 Å². The minimum atomic E-state index is -4.11. The number of ether oxygens (including phenoxy) is 4. The second kappa shape index (κ2) is 9.52. The van der Waals surface area contributed by atoms with Crippen LogP contribution in [0.15, 0.2) is 65.6 Å². The molecule has 0 aliphatic carbocycles. The van der Waals surface area contributed by atoms with Gasteiger partial charge in [-0.2, -0.15) is 0 Å². The molecule has 0 spiro atoms. The zero-order chi connectivity index (χ0) is 24.3. The van der Waals surface area contributed by atoms with Gasteiger partial charge in [-0.3, -0.25) is 9.10 Å². The molecule has 0 atom stereocenters. The molecule has 1 N–H and O–H groups in total. The zero-order valence-electron chi connectivity index (χ0n) is 18.9. The smallest absolute Gasteiger partial charge is 0.264 e. The fraction of sp³-hybridized carbons (Fsp3) is 0.208. The normalized spacial score (nSPS) is 12.2. The number of fused-ring (bicyclic) bond motifs is 1. The molecule has 0 aromatic heterocycles. The van der Waals surface area contributed by atoms with Crippen molar-refractivity contribution in [2.45, 2.75) is 11.8 Å². The monoisotopic (exact) mass is 484 g/mol. The first-order valence-corrected chi connectivity index (χ1v) is 11.8. The number of nitrogens with zero attached hydrogens (tertiary/aromatic N) is 1. The zero-order valence-corrected chi connectivity index (χ0v) is 19.7. The quantitative estimate of drug-likeness (QED) is 0.521. The number of methoxy groups -OCH3 is 2. The molecule has 0 bridgehead atoms. The molecule has 1 amide bonds. The number of carbonyl (C=O) groups excluding carboxylic acids is 1. The third-order valence-electron chi connectivity index (χ3n) is 5.21. The van der Waals surface area contributed by atoms with Crippen LogP contribution in [0.4, 0.5) is 11.4 Å². The van der Waals surface area contributed by atoms with E-state index in [0.717, 1.165) is 9.87 Å². The maximum Gasteiger partial charge on any atom is 0.264 e. The number of amides is 1. The third-order valence-corrected chi connectivity index (χ3v) is 6.98. The average molecular weight is 485 g/mol. The van der Waals surface area contributed by atoms with Crippen molar-refractivity contribution in [3.8, 4) is 23.0 Å². The molecular formula is C24H24N2O7S. The highest BCUT2D eigenvalue weighted by Gasteiger charge is 2.30. The second-order valence-corrected chi connectivity index (χ2v) is 9.34. The van der Waals surface area contributed by atoms with Crippen molar-refractivity contribution < 1.29 is 32.2 Å². The van der Waals surface area contributed by atoms with Gasteiger partial charge in [0.15, 0.2) is 11.5 Å². The molecule has 0 saturated heterocycles. The largest absolute Gasteiger partial charge is 0.497 e. The summed E-state index contributed by atoms with van der Waals surface area (Å²) >= 11 is 0. The van der Waals surface area contributed by atoms with Gasteiger partial charge >= 0.3 is 0 Å². The van der Waals surface area contributed by atoms with E-state index >= 15 is 0 Å². The summed E-state index contributed by atoms with van der Waals surface area (Å²) < 4.78 is 49.5. The Balaban J connectivity index is 1.69. The number of hydrogen-bond donors (Lipinski definition) is 1. The summed E-state index contributed by atoms with van der Waals surface area (Å²) in [5, 5.41) is 2.72. The Bertz CT molecular complexity index is 1310. The van der Waals surface area contributed by atoms with E-state index in [1.165, 1.54) is 32.4 Å². The fourth-order valence-electron chi connectivity index (χ4n) is 3.43. The minimum Gasteiger partial charge on any atom is -0.497 e. The van der Waals surface area contributed by atoms with Crippen molar-refractivity contribution in [1.82, 2.24) is 0 Å². The molecule has 9 nitrogen and oxygen atoms in total. The Kier molecular flexibility index (Phi) is 6.51. The molecule has 3 aromatic carbocycles. The summed E-state index contributed by atoms with van der Waals surface area (Å²) in [5.41, 5.74) is 1.56. The van der Waals surface area contributed by atoms with Gasteiger partial charge in [-0.15, -0.1) is 0 Å². The van der Waals surface area contributed by atoms with Crippen molar-refractivity contribution >= 4 is 27.3 Å². The van der Waals surface area contributed by atoms with Crippen LogP contribution >= 0.6 is 0 Å². The van der Waals surface area contributed by atoms with Gasteiger partial charge in [0.1, 0.15) is 18.0 Å². The van der Waals surface area contributed by atoms with Crippen LogP contribution in [0.25, 0.3) is 0 Å². The number of anilines is 2. The maximum atomic E-state index is 13.6. The van der Waals surface area contributed by atoms with Crippen molar-refractivity contribution in [3.05, 3.63) is 66.2 Å². The Morgan fingerprint density at radius 3 is 2.41 bits per heavy atom. The number of carbonyl (C=O) groups is 1. The molecule has 4 rings (SSSR count). The van der Waals surface area contributed by atoms with Crippen molar-refractivity contribution in [2.75, 3.05) is 37.2 Å². The van der Waals surface area contributed by atoms with Gasteiger partial charge in [-0.1, -0.05) is 17.7 Å². The number of benzene rings is 3. The first kappa shape index (κ1) is 23.2. The van der Waals surface area contributed by atoms with Gasteiger partial charge in [-0.25, -0.2) is 8.42 Å². The number of nitrogens with one attached hydrogen (secondary N) is 1. The lowest BCUT2D eigenvalue weighted by Crippen LogP contribution is -2.38. The Hall–Kier alpha value is -3.92. The Labute approximate surface area is 197 Å². The van der Waals surface area contributed by atoms with E-state index in [1.807, 2.05) is 6.92 Å². The van der Waals surface area contributed by atoms with E-state index in [2.05, 4.69) is 5.32 Å². The van der Waals surface area contributed by atoms with Crippen LogP contribution in [0.2, 0.25) is 0 Å². The number of rotatable bonds is 8. The summed E-state index contributed by atoms with van der Waals surface area (Å²) in [6.45, 7) is 1.47. The van der Waals surface area contributed by atoms with Crippen LogP contribution in [0.1, 0.15) is 5.56 Å². The van der Waals surface area contributed by atoms with Gasteiger partial charge in [0.2, 0.25) is 12.7 Å². The van der Waals surface area contributed by atoms with Gasteiger partial charge in [0.05, 0.1) is 24.8 Å². The maximum absolute atomic E-state index is 13.6. The van der Waals surface area contributed by atoms with E-state index in [-0.39, 0.29) is 23.1 Å². The number of aryl methyl sites for hydroxylation is 1. The first-order valence-electron chi connectivity index (χ1n) is 10.3. The standard InChI is InChI=1S/C24H24N2O7S/c1-16-4-8-19(9-5-16)34(28,29)26(20-10-7-18(30-2)13-22(20)31-3)14-24(27)25-17-6-11-21-23(12-17)33-15-32-21/h4-13H,14-15H2,1-3H3,(H,25,27). The van der Waals surface area contributed by atoms with Crippen LogP contribution < -0.4 is 28.6 Å². The Morgan fingerprint density at radius 2 is 1.71 bits per heavy atom. The minimum absolute atomic E-state index is 0.0480. The second-order valence-electron chi connectivity index (χ2n) is 7.48. The molecule has 0 radical (unpaired) electrons. The molecule has 0 unspecified atom stereocenters. The summed E-state index contributed by atoms with van der Waals surface area (Å²) in [6.07, 6.45) is 0. The molecule has 0 fully saturated rings. The van der Waals surface area contributed by atoms with Crippen molar-refractivity contribution in [3.63, 3.8) is 0 Å². The van der Waals surface area contributed by atoms with Gasteiger partial charge in [0, 0.05) is 17.8 Å². The number of hydrogen-bond acceptors (Lipinski definition) is 7. The lowest BCUT2D eigenvalue weighted by Gasteiger charge is -2.26. The van der Waals surface area contributed by atoms with Crippen LogP contribution in [0, 0.1) is 6.92 Å². The Morgan fingerprint density at radius 1 is 0.971 bits per heavy atom. The lowest BCUT2D eigenvalue weighted by atomic mass is 10.2. The van der Waals surface area contributed by atoms with E-state index < -0.39 is 22.5 Å². The summed E-state index contributed by atoms with van der Waals surface area (Å²) in [5.74, 6) is 1.25. The van der Waals surface area contributed by atoms with Gasteiger partial charge < -0.3 is 24.3 Å². The van der Waals surface area contributed by atoms with Crippen molar-refractivity contribution in [1.29, 1.82) is 0 Å². The summed E-state index contributed by atoms with van der Waals surface area (Å²) in [6, 6.07) is 16.0. The highest BCUT2D eigenvalue weighted by atomic mass is 32.2. The van der Waals surface area contributed by atoms with Crippen LogP contribution in [0.3, 0.4) is 0 Å².